The number of phenolic OH excluding ortho intramolecular Hbond substituents is 1. The van der Waals surface area contributed by atoms with E-state index in [4.69, 9.17) is 17.3 Å². The molecule has 0 spiro atoms. The fourth-order valence-electron chi connectivity index (χ4n) is 0.886. The lowest BCUT2D eigenvalue weighted by molar-refractivity contribution is 0.0597. The van der Waals surface area contributed by atoms with Crippen molar-refractivity contribution in [3.8, 4) is 5.75 Å². The van der Waals surface area contributed by atoms with Crippen molar-refractivity contribution in [2.75, 3.05) is 12.8 Å². The summed E-state index contributed by atoms with van der Waals surface area (Å²) < 4.78 is 4.41. The number of phenols is 1. The molecule has 0 aromatic heterocycles. The first-order valence-corrected chi connectivity index (χ1v) is 3.80. The van der Waals surface area contributed by atoms with Gasteiger partial charge in [0.25, 0.3) is 0 Å². The van der Waals surface area contributed by atoms with Gasteiger partial charge in [-0.2, -0.15) is 0 Å². The fourth-order valence-corrected chi connectivity index (χ4v) is 1.11. The first kappa shape index (κ1) is 12.9. The van der Waals surface area contributed by atoms with Gasteiger partial charge in [0.1, 0.15) is 5.56 Å². The van der Waals surface area contributed by atoms with Crippen LogP contribution in [-0.2, 0) is 4.74 Å². The molecule has 0 unspecified atom stereocenters. The van der Waals surface area contributed by atoms with Crippen molar-refractivity contribution in [1.82, 2.24) is 0 Å². The molecule has 0 bridgehead atoms. The average molecular weight is 238 g/mol. The second kappa shape index (κ2) is 4.93. The van der Waals surface area contributed by atoms with Gasteiger partial charge in [0.05, 0.1) is 12.8 Å². The average Bonchev–Trinajstić information content (AvgIpc) is 2.10. The van der Waals surface area contributed by atoms with Crippen LogP contribution in [-0.4, -0.2) is 18.2 Å². The van der Waals surface area contributed by atoms with E-state index >= 15 is 0 Å². The molecule has 14 heavy (non-hydrogen) atoms. The van der Waals surface area contributed by atoms with E-state index in [0.29, 0.717) is 0 Å². The molecule has 4 nitrogen and oxygen atoms in total. The highest BCUT2D eigenvalue weighted by Crippen LogP contribution is 2.29. The second-order valence-corrected chi connectivity index (χ2v) is 2.82. The topological polar surface area (TPSA) is 72.5 Å². The van der Waals surface area contributed by atoms with Crippen molar-refractivity contribution >= 4 is 35.7 Å². The molecule has 0 saturated heterocycles. The fraction of sp³-hybridized carbons (Fsp3) is 0.125. The zero-order chi connectivity index (χ0) is 10.0. The zero-order valence-corrected chi connectivity index (χ0v) is 8.85. The van der Waals surface area contributed by atoms with Crippen LogP contribution >= 0.6 is 24.0 Å². The van der Waals surface area contributed by atoms with Crippen LogP contribution in [0.2, 0.25) is 5.02 Å². The van der Waals surface area contributed by atoms with Crippen LogP contribution in [0.5, 0.6) is 5.75 Å². The summed E-state index contributed by atoms with van der Waals surface area (Å²) >= 11 is 5.62. The first-order valence-electron chi connectivity index (χ1n) is 3.42. The van der Waals surface area contributed by atoms with Gasteiger partial charge in [-0.1, -0.05) is 11.6 Å². The predicted molar refractivity (Wildman–Crippen MR) is 56.1 cm³/mol. The van der Waals surface area contributed by atoms with Crippen molar-refractivity contribution in [2.24, 2.45) is 0 Å². The molecule has 0 fully saturated rings. The summed E-state index contributed by atoms with van der Waals surface area (Å²) in [7, 11) is 1.21. The monoisotopic (exact) mass is 237 g/mol. The number of carbonyl (C=O) groups is 1. The van der Waals surface area contributed by atoms with Gasteiger partial charge in [-0.05, 0) is 12.1 Å². The van der Waals surface area contributed by atoms with Gasteiger partial charge in [-0.15, -0.1) is 12.4 Å². The number of esters is 1. The lowest BCUT2D eigenvalue weighted by Gasteiger charge is -2.05. The summed E-state index contributed by atoms with van der Waals surface area (Å²) in [5.41, 5.74) is 5.39. The highest BCUT2D eigenvalue weighted by atomic mass is 35.5. The third-order valence-electron chi connectivity index (χ3n) is 1.51. The molecule has 0 saturated carbocycles. The molecular formula is C8H9Cl2NO3. The van der Waals surface area contributed by atoms with E-state index in [9.17, 15) is 9.90 Å². The van der Waals surface area contributed by atoms with Crippen LogP contribution < -0.4 is 5.73 Å². The molecular weight excluding hydrogens is 229 g/mol. The zero-order valence-electron chi connectivity index (χ0n) is 7.28. The molecule has 0 radical (unpaired) electrons. The van der Waals surface area contributed by atoms with Gasteiger partial charge < -0.3 is 15.6 Å². The molecule has 0 amide bonds. The second-order valence-electron chi connectivity index (χ2n) is 2.38. The molecule has 0 heterocycles. The van der Waals surface area contributed by atoms with Gasteiger partial charge in [-0.25, -0.2) is 4.79 Å². The van der Waals surface area contributed by atoms with Crippen LogP contribution in [0.4, 0.5) is 5.69 Å². The maximum Gasteiger partial charge on any atom is 0.341 e. The Balaban J connectivity index is 0.00000169. The minimum atomic E-state index is -0.674. The number of anilines is 1. The number of rotatable bonds is 1. The van der Waals surface area contributed by atoms with Crippen LogP contribution in [0.3, 0.4) is 0 Å². The standard InChI is InChI=1S/C8H8ClNO3.ClH/c1-13-8(12)5-2-4(9)3-6(10)7(5)11;/h2-3,11H,10H2,1H3;1H. The van der Waals surface area contributed by atoms with Crippen LogP contribution in [0.25, 0.3) is 0 Å². The summed E-state index contributed by atoms with van der Waals surface area (Å²) in [5.74, 6) is -0.983. The van der Waals surface area contributed by atoms with E-state index < -0.39 is 5.97 Å². The van der Waals surface area contributed by atoms with E-state index in [1.807, 2.05) is 0 Å². The third kappa shape index (κ3) is 2.43. The minimum absolute atomic E-state index is 0. The summed E-state index contributed by atoms with van der Waals surface area (Å²) in [5, 5.41) is 9.61. The van der Waals surface area contributed by atoms with Crippen molar-refractivity contribution in [2.45, 2.75) is 0 Å². The Hall–Kier alpha value is -1.13. The Labute approximate surface area is 92.0 Å². The number of halogens is 2. The number of aromatic hydroxyl groups is 1. The number of nitrogens with two attached hydrogens (primary N) is 1. The smallest absolute Gasteiger partial charge is 0.341 e. The molecule has 0 aliphatic rings. The quantitative estimate of drug-likeness (QED) is 0.444. The molecule has 0 aliphatic carbocycles. The predicted octanol–water partition coefficient (Wildman–Crippen LogP) is 1.84. The number of methoxy groups -OCH3 is 1. The van der Waals surface area contributed by atoms with Gasteiger partial charge >= 0.3 is 5.97 Å². The Morgan fingerprint density at radius 1 is 1.57 bits per heavy atom. The number of carbonyl (C=O) groups excluding carboxylic acids is 1. The summed E-state index contributed by atoms with van der Waals surface area (Å²) in [6.07, 6.45) is 0. The first-order chi connectivity index (χ1) is 6.06. The summed E-state index contributed by atoms with van der Waals surface area (Å²) in [4.78, 5) is 11.0. The van der Waals surface area contributed by atoms with E-state index in [1.165, 1.54) is 19.2 Å². The maximum atomic E-state index is 11.0. The maximum absolute atomic E-state index is 11.0. The van der Waals surface area contributed by atoms with Crippen molar-refractivity contribution < 1.29 is 14.6 Å². The molecule has 1 aromatic rings. The molecule has 6 heteroatoms. The number of hydrogen-bond acceptors (Lipinski definition) is 4. The molecule has 78 valence electrons. The van der Waals surface area contributed by atoms with Gasteiger partial charge in [-0.3, -0.25) is 0 Å². The van der Waals surface area contributed by atoms with Gasteiger partial charge in [0.2, 0.25) is 0 Å². The molecule has 0 aliphatic heterocycles. The van der Waals surface area contributed by atoms with Gasteiger partial charge in [0.15, 0.2) is 5.75 Å². The summed E-state index contributed by atoms with van der Waals surface area (Å²) in [6.45, 7) is 0. The number of hydrogen-bond donors (Lipinski definition) is 2. The number of ether oxygens (including phenoxy) is 1. The van der Waals surface area contributed by atoms with E-state index in [-0.39, 0.29) is 34.4 Å². The minimum Gasteiger partial charge on any atom is -0.505 e. The highest BCUT2D eigenvalue weighted by Gasteiger charge is 2.14. The molecule has 1 rings (SSSR count). The Morgan fingerprint density at radius 3 is 2.64 bits per heavy atom. The highest BCUT2D eigenvalue weighted by molar-refractivity contribution is 6.31. The van der Waals surface area contributed by atoms with Crippen LogP contribution in [0.1, 0.15) is 10.4 Å². The van der Waals surface area contributed by atoms with Crippen molar-refractivity contribution in [3.63, 3.8) is 0 Å². The molecule has 3 N–H and O–H groups in total. The Bertz CT molecular complexity index is 355. The van der Waals surface area contributed by atoms with E-state index in [2.05, 4.69) is 4.74 Å². The summed E-state index contributed by atoms with van der Waals surface area (Å²) in [6, 6.07) is 2.64. The van der Waals surface area contributed by atoms with E-state index in [0.717, 1.165) is 0 Å². The third-order valence-corrected chi connectivity index (χ3v) is 1.73. The Morgan fingerprint density at radius 2 is 2.14 bits per heavy atom. The van der Waals surface area contributed by atoms with Crippen LogP contribution in [0, 0.1) is 0 Å². The normalized spacial score (nSPS) is 9.00. The van der Waals surface area contributed by atoms with Crippen LogP contribution in [0.15, 0.2) is 12.1 Å². The van der Waals surface area contributed by atoms with E-state index in [1.54, 1.807) is 0 Å². The molecule has 1 aromatic carbocycles. The number of nitrogen functional groups attached to an aromatic ring is 1. The van der Waals surface area contributed by atoms with Crippen molar-refractivity contribution in [3.05, 3.63) is 22.7 Å². The Kier molecular flexibility index (Phi) is 4.53. The van der Waals surface area contributed by atoms with Gasteiger partial charge in [0, 0.05) is 5.02 Å². The largest absolute Gasteiger partial charge is 0.505 e. The molecule has 0 atom stereocenters. The lowest BCUT2D eigenvalue weighted by Crippen LogP contribution is -2.03. The lowest BCUT2D eigenvalue weighted by atomic mass is 10.2. The SMILES string of the molecule is COC(=O)c1cc(Cl)cc(N)c1O.Cl. The number of benzene rings is 1. The van der Waals surface area contributed by atoms with Crippen molar-refractivity contribution in [1.29, 1.82) is 0 Å².